The molecule has 1 aromatic rings. The molecule has 0 aliphatic rings. The molecule has 0 aliphatic carbocycles. The van der Waals surface area contributed by atoms with Crippen LogP contribution in [-0.4, -0.2) is 11.1 Å². The molecule has 3 heteroatoms. The van der Waals surface area contributed by atoms with Crippen LogP contribution >= 0.6 is 15.9 Å². The highest BCUT2D eigenvalue weighted by Crippen LogP contribution is 2.30. The normalized spacial score (nSPS) is 15.3. The summed E-state index contributed by atoms with van der Waals surface area (Å²) in [6, 6.07) is 3.77. The molecule has 2 atom stereocenters. The lowest BCUT2D eigenvalue weighted by molar-refractivity contribution is 0.152. The molecule has 0 bridgehead atoms. The lowest BCUT2D eigenvalue weighted by atomic mass is 9.97. The summed E-state index contributed by atoms with van der Waals surface area (Å²) < 4.78 is 0.960. The van der Waals surface area contributed by atoms with Crippen molar-refractivity contribution >= 4 is 15.9 Å². The van der Waals surface area contributed by atoms with E-state index in [-0.39, 0.29) is 6.04 Å². The predicted octanol–water partition coefficient (Wildman–Crippen LogP) is 2.45. The van der Waals surface area contributed by atoms with Gasteiger partial charge in [0.1, 0.15) is 0 Å². The van der Waals surface area contributed by atoms with Crippen molar-refractivity contribution in [1.82, 2.24) is 0 Å². The number of nitrogens with two attached hydrogens (primary N) is 1. The van der Waals surface area contributed by atoms with Crippen molar-refractivity contribution in [3.63, 3.8) is 0 Å². The smallest absolute Gasteiger partial charge is 0.0951 e. The molecule has 0 aromatic heterocycles. The lowest BCUT2D eigenvalue weighted by Gasteiger charge is -2.20. The van der Waals surface area contributed by atoms with Crippen LogP contribution in [0.1, 0.15) is 29.7 Å². The fraction of sp³-hybridized carbons (Fsp3) is 0.455. The maximum Gasteiger partial charge on any atom is 0.0951 e. The number of benzene rings is 1. The molecule has 1 aromatic carbocycles. The summed E-state index contributed by atoms with van der Waals surface area (Å²) in [6.07, 6.45) is -0.607. The van der Waals surface area contributed by atoms with Crippen molar-refractivity contribution in [3.8, 4) is 0 Å². The fourth-order valence-electron chi connectivity index (χ4n) is 1.42. The molecule has 14 heavy (non-hydrogen) atoms. The molecule has 0 saturated heterocycles. The van der Waals surface area contributed by atoms with Crippen LogP contribution < -0.4 is 5.73 Å². The van der Waals surface area contributed by atoms with E-state index in [0.29, 0.717) is 0 Å². The highest BCUT2D eigenvalue weighted by Gasteiger charge is 2.18. The summed E-state index contributed by atoms with van der Waals surface area (Å²) in [6.45, 7) is 5.78. The minimum atomic E-state index is -0.607. The van der Waals surface area contributed by atoms with Gasteiger partial charge < -0.3 is 10.8 Å². The molecule has 0 heterocycles. The number of hydrogen-bond acceptors (Lipinski definition) is 2. The van der Waals surface area contributed by atoms with Gasteiger partial charge in [-0.25, -0.2) is 0 Å². The van der Waals surface area contributed by atoms with Crippen molar-refractivity contribution < 1.29 is 5.11 Å². The molecule has 2 nitrogen and oxygen atoms in total. The second-order valence-corrected chi connectivity index (χ2v) is 4.52. The number of aliphatic hydroxyl groups excluding tert-OH is 1. The molecule has 2 unspecified atom stereocenters. The summed E-state index contributed by atoms with van der Waals surface area (Å²) in [4.78, 5) is 0. The molecule has 0 amide bonds. The fourth-order valence-corrected chi connectivity index (χ4v) is 2.10. The molecule has 0 saturated carbocycles. The van der Waals surface area contributed by atoms with Crippen LogP contribution in [-0.2, 0) is 0 Å². The zero-order valence-electron chi connectivity index (χ0n) is 8.71. The second-order valence-electron chi connectivity index (χ2n) is 3.73. The Kier molecular flexibility index (Phi) is 3.70. The van der Waals surface area contributed by atoms with Crippen molar-refractivity contribution in [2.45, 2.75) is 32.9 Å². The third-order valence-electron chi connectivity index (χ3n) is 2.38. The van der Waals surface area contributed by atoms with Crippen LogP contribution in [0, 0.1) is 13.8 Å². The third kappa shape index (κ3) is 2.16. The molecule has 1 rings (SSSR count). The Hall–Kier alpha value is -0.380. The number of hydrogen-bond donors (Lipinski definition) is 2. The SMILES string of the molecule is Cc1ccc(C)c(C(O)C(C)N)c1Br. The molecule has 0 spiro atoms. The van der Waals surface area contributed by atoms with Crippen LogP contribution in [0.2, 0.25) is 0 Å². The van der Waals surface area contributed by atoms with Crippen molar-refractivity contribution in [2.75, 3.05) is 0 Å². The highest BCUT2D eigenvalue weighted by molar-refractivity contribution is 9.10. The Morgan fingerprint density at radius 1 is 1.29 bits per heavy atom. The van der Waals surface area contributed by atoms with Gasteiger partial charge in [-0.05, 0) is 37.5 Å². The van der Waals surface area contributed by atoms with Crippen LogP contribution in [0.15, 0.2) is 16.6 Å². The Morgan fingerprint density at radius 3 is 2.29 bits per heavy atom. The van der Waals surface area contributed by atoms with E-state index in [2.05, 4.69) is 15.9 Å². The molecule has 0 fully saturated rings. The Morgan fingerprint density at radius 2 is 1.79 bits per heavy atom. The van der Waals surface area contributed by atoms with Crippen molar-refractivity contribution in [2.24, 2.45) is 5.73 Å². The van der Waals surface area contributed by atoms with Crippen LogP contribution in [0.5, 0.6) is 0 Å². The summed E-state index contributed by atoms with van der Waals surface area (Å²) in [5.74, 6) is 0. The standard InChI is InChI=1S/C11H16BrNO/c1-6-4-5-7(2)10(12)9(6)11(14)8(3)13/h4-5,8,11,14H,13H2,1-3H3. The van der Waals surface area contributed by atoms with E-state index in [1.54, 1.807) is 6.92 Å². The molecule has 0 radical (unpaired) electrons. The van der Waals surface area contributed by atoms with E-state index >= 15 is 0 Å². The maximum absolute atomic E-state index is 9.93. The van der Waals surface area contributed by atoms with Crippen molar-refractivity contribution in [1.29, 1.82) is 0 Å². The zero-order valence-corrected chi connectivity index (χ0v) is 10.3. The number of rotatable bonds is 2. The Bertz CT molecular complexity index is 336. The molecular formula is C11H16BrNO. The van der Waals surface area contributed by atoms with E-state index in [4.69, 9.17) is 5.73 Å². The molecular weight excluding hydrogens is 242 g/mol. The maximum atomic E-state index is 9.93. The summed E-state index contributed by atoms with van der Waals surface area (Å²) in [5, 5.41) is 9.93. The van der Waals surface area contributed by atoms with Gasteiger partial charge in [0.2, 0.25) is 0 Å². The molecule has 0 aliphatic heterocycles. The monoisotopic (exact) mass is 257 g/mol. The molecule has 3 N–H and O–H groups in total. The highest BCUT2D eigenvalue weighted by atomic mass is 79.9. The van der Waals surface area contributed by atoms with Gasteiger partial charge in [0.25, 0.3) is 0 Å². The first-order chi connectivity index (χ1) is 6.45. The topological polar surface area (TPSA) is 46.2 Å². The minimum absolute atomic E-state index is 0.258. The quantitative estimate of drug-likeness (QED) is 0.855. The van der Waals surface area contributed by atoms with Gasteiger partial charge in [0.05, 0.1) is 6.10 Å². The van der Waals surface area contributed by atoms with E-state index in [9.17, 15) is 5.11 Å². The van der Waals surface area contributed by atoms with Crippen LogP contribution in [0.3, 0.4) is 0 Å². The van der Waals surface area contributed by atoms with Crippen molar-refractivity contribution in [3.05, 3.63) is 33.3 Å². The van der Waals surface area contributed by atoms with Gasteiger partial charge in [-0.1, -0.05) is 28.1 Å². The van der Waals surface area contributed by atoms with E-state index in [1.165, 1.54) is 0 Å². The Labute approximate surface area is 93.3 Å². The zero-order chi connectivity index (χ0) is 10.9. The lowest BCUT2D eigenvalue weighted by Crippen LogP contribution is -2.25. The predicted molar refractivity (Wildman–Crippen MR) is 62.2 cm³/mol. The van der Waals surface area contributed by atoms with Gasteiger partial charge in [-0.3, -0.25) is 0 Å². The third-order valence-corrected chi connectivity index (χ3v) is 3.44. The van der Waals surface area contributed by atoms with Gasteiger partial charge in [-0.15, -0.1) is 0 Å². The summed E-state index contributed by atoms with van der Waals surface area (Å²) >= 11 is 3.48. The summed E-state index contributed by atoms with van der Waals surface area (Å²) in [7, 11) is 0. The first-order valence-corrected chi connectivity index (χ1v) is 5.43. The van der Waals surface area contributed by atoms with Gasteiger partial charge in [0.15, 0.2) is 0 Å². The first kappa shape index (κ1) is 11.7. The summed E-state index contributed by atoms with van der Waals surface area (Å²) in [5.41, 5.74) is 8.77. The number of halogens is 1. The Balaban J connectivity index is 3.25. The molecule has 78 valence electrons. The average Bonchev–Trinajstić information content (AvgIpc) is 2.12. The van der Waals surface area contributed by atoms with E-state index < -0.39 is 6.10 Å². The number of aliphatic hydroxyl groups is 1. The van der Waals surface area contributed by atoms with Gasteiger partial charge >= 0.3 is 0 Å². The second kappa shape index (κ2) is 4.43. The minimum Gasteiger partial charge on any atom is -0.387 e. The van der Waals surface area contributed by atoms with Crippen LogP contribution in [0.25, 0.3) is 0 Å². The van der Waals surface area contributed by atoms with E-state index in [0.717, 1.165) is 21.2 Å². The van der Waals surface area contributed by atoms with Gasteiger partial charge in [-0.2, -0.15) is 0 Å². The average molecular weight is 258 g/mol. The van der Waals surface area contributed by atoms with E-state index in [1.807, 2.05) is 26.0 Å². The largest absolute Gasteiger partial charge is 0.387 e. The van der Waals surface area contributed by atoms with Gasteiger partial charge in [0, 0.05) is 10.5 Å². The first-order valence-electron chi connectivity index (χ1n) is 4.64. The number of aryl methyl sites for hydroxylation is 2. The van der Waals surface area contributed by atoms with Crippen LogP contribution in [0.4, 0.5) is 0 Å².